The highest BCUT2D eigenvalue weighted by Gasteiger charge is 2.10. The van der Waals surface area contributed by atoms with E-state index in [1.807, 2.05) is 30.5 Å². The lowest BCUT2D eigenvalue weighted by Crippen LogP contribution is -1.96. The van der Waals surface area contributed by atoms with Gasteiger partial charge in [-0.25, -0.2) is 4.98 Å². The fraction of sp³-hybridized carbons (Fsp3) is 0.0625. The Hall–Kier alpha value is -2.16. The third-order valence-electron chi connectivity index (χ3n) is 3.24. The molecule has 0 spiro atoms. The summed E-state index contributed by atoms with van der Waals surface area (Å²) in [6.07, 6.45) is 1.92. The number of hydrogen-bond donors (Lipinski definition) is 1. The molecule has 0 amide bonds. The third-order valence-corrected chi connectivity index (χ3v) is 4.12. The van der Waals surface area contributed by atoms with Gasteiger partial charge < -0.3 is 4.98 Å². The van der Waals surface area contributed by atoms with Gasteiger partial charge in [-0.2, -0.15) is 5.26 Å². The number of nitriles is 1. The molecule has 3 aromatic rings. The predicted octanol–water partition coefficient (Wildman–Crippen LogP) is 4.55. The topological polar surface area (TPSA) is 52.5 Å². The van der Waals surface area contributed by atoms with Gasteiger partial charge in [-0.15, -0.1) is 0 Å². The average molecular weight is 309 g/mol. The van der Waals surface area contributed by atoms with Crippen molar-refractivity contribution in [2.75, 3.05) is 6.26 Å². The molecular weight excluding hydrogens is 298 g/mol. The van der Waals surface area contributed by atoms with Crippen LogP contribution in [0, 0.1) is 16.0 Å². The Balaban J connectivity index is 2.29. The minimum Gasteiger partial charge on any atom is -0.333 e. The van der Waals surface area contributed by atoms with Crippen LogP contribution in [0.4, 0.5) is 0 Å². The van der Waals surface area contributed by atoms with Gasteiger partial charge in [0, 0.05) is 5.56 Å². The molecule has 0 atom stereocenters. The Bertz CT molecular complexity index is 923. The monoisotopic (exact) mass is 309 g/mol. The van der Waals surface area contributed by atoms with Crippen molar-refractivity contribution >= 4 is 34.8 Å². The number of H-pyrrole nitrogens is 1. The molecule has 2 aromatic carbocycles. The van der Waals surface area contributed by atoms with Crippen LogP contribution in [0.15, 0.2) is 47.6 Å². The van der Waals surface area contributed by atoms with Crippen molar-refractivity contribution in [2.24, 2.45) is 0 Å². The number of aromatic amines is 1. The molecule has 0 aliphatic rings. The maximum atomic E-state index is 9.35. The number of hydrogen-bond acceptors (Lipinski definition) is 4. The first-order valence-electron chi connectivity index (χ1n) is 6.30. The second kappa shape index (κ2) is 5.68. The molecule has 0 radical (unpaired) electrons. The quantitative estimate of drug-likeness (QED) is 0.428. The van der Waals surface area contributed by atoms with Crippen molar-refractivity contribution in [2.45, 2.75) is 5.16 Å². The van der Waals surface area contributed by atoms with Crippen LogP contribution in [0.3, 0.4) is 0 Å². The van der Waals surface area contributed by atoms with Gasteiger partial charge in [-0.1, -0.05) is 60.4 Å². The molecule has 102 valence electrons. The fourth-order valence-corrected chi connectivity index (χ4v) is 2.90. The summed E-state index contributed by atoms with van der Waals surface area (Å²) in [4.78, 5) is 7.41. The summed E-state index contributed by atoms with van der Waals surface area (Å²) in [6, 6.07) is 16.4. The lowest BCUT2D eigenvalue weighted by Gasteiger charge is -2.08. The van der Waals surface area contributed by atoms with Gasteiger partial charge in [0.2, 0.25) is 0 Å². The largest absolute Gasteiger partial charge is 0.333 e. The number of nitrogens with zero attached hydrogens (tertiary/aromatic N) is 2. The van der Waals surface area contributed by atoms with Gasteiger partial charge >= 0.3 is 0 Å². The van der Waals surface area contributed by atoms with Crippen molar-refractivity contribution in [3.05, 3.63) is 52.7 Å². The van der Waals surface area contributed by atoms with E-state index in [9.17, 15) is 5.26 Å². The molecule has 21 heavy (non-hydrogen) atoms. The number of thioether (sulfide) groups is 1. The number of benzene rings is 2. The minimum absolute atomic E-state index is 0.337. The maximum Gasteiger partial charge on any atom is 0.166 e. The number of rotatable bonds is 2. The zero-order valence-corrected chi connectivity index (χ0v) is 12.9. The van der Waals surface area contributed by atoms with E-state index in [0.717, 1.165) is 22.0 Å². The lowest BCUT2D eigenvalue weighted by molar-refractivity contribution is 0.958. The lowest BCUT2D eigenvalue weighted by atomic mass is 10.0. The normalized spacial score (nSPS) is 10.5. The van der Waals surface area contributed by atoms with Gasteiger partial charge in [0.25, 0.3) is 0 Å². The second-order valence-electron chi connectivity index (χ2n) is 4.47. The predicted molar refractivity (Wildman–Crippen MR) is 88.9 cm³/mol. The van der Waals surface area contributed by atoms with Crippen LogP contribution in [-0.2, 0) is 0 Å². The van der Waals surface area contributed by atoms with E-state index in [4.69, 9.17) is 12.2 Å². The summed E-state index contributed by atoms with van der Waals surface area (Å²) in [6.45, 7) is 0. The van der Waals surface area contributed by atoms with E-state index < -0.39 is 0 Å². The molecule has 0 unspecified atom stereocenters. The molecular formula is C16H11N3S2. The van der Waals surface area contributed by atoms with E-state index >= 15 is 0 Å². The van der Waals surface area contributed by atoms with Crippen molar-refractivity contribution in [3.63, 3.8) is 0 Å². The fourth-order valence-electron chi connectivity index (χ4n) is 2.21. The third kappa shape index (κ3) is 2.56. The van der Waals surface area contributed by atoms with Crippen LogP contribution in [0.1, 0.15) is 5.56 Å². The number of fused-ring (bicyclic) bond motifs is 1. The van der Waals surface area contributed by atoms with E-state index in [2.05, 4.69) is 34.2 Å². The highest BCUT2D eigenvalue weighted by Crippen LogP contribution is 2.27. The van der Waals surface area contributed by atoms with E-state index in [-0.39, 0.29) is 0 Å². The van der Waals surface area contributed by atoms with Gasteiger partial charge in [0.15, 0.2) is 5.16 Å². The van der Waals surface area contributed by atoms with Crippen LogP contribution in [-0.4, -0.2) is 16.2 Å². The molecule has 3 nitrogen and oxygen atoms in total. The smallest absolute Gasteiger partial charge is 0.166 e. The van der Waals surface area contributed by atoms with Crippen LogP contribution in [0.25, 0.3) is 22.0 Å². The van der Waals surface area contributed by atoms with Gasteiger partial charge in [-0.3, -0.25) is 0 Å². The molecule has 3 rings (SSSR count). The van der Waals surface area contributed by atoms with Crippen molar-refractivity contribution in [1.29, 1.82) is 5.26 Å². The molecule has 0 fully saturated rings. The summed E-state index contributed by atoms with van der Waals surface area (Å²) in [7, 11) is 0. The van der Waals surface area contributed by atoms with Gasteiger partial charge in [0.05, 0.1) is 5.69 Å². The SMILES string of the molecule is CSc1nc(=S)c(C#N)c(-c2ccc3ccccc3c2)[nH]1. The molecule has 1 aromatic heterocycles. The maximum absolute atomic E-state index is 9.35. The van der Waals surface area contributed by atoms with E-state index in [0.29, 0.717) is 15.4 Å². The Morgan fingerprint density at radius 2 is 1.95 bits per heavy atom. The summed E-state index contributed by atoms with van der Waals surface area (Å²) < 4.78 is 0.337. The molecule has 1 N–H and O–H groups in total. The highest BCUT2D eigenvalue weighted by molar-refractivity contribution is 7.98. The Labute approximate surface area is 131 Å². The molecule has 1 heterocycles. The van der Waals surface area contributed by atoms with Crippen molar-refractivity contribution in [1.82, 2.24) is 9.97 Å². The molecule has 0 aliphatic heterocycles. The average Bonchev–Trinajstić information content (AvgIpc) is 2.53. The zero-order chi connectivity index (χ0) is 14.8. The molecule has 0 saturated carbocycles. The highest BCUT2D eigenvalue weighted by atomic mass is 32.2. The molecule has 0 saturated heterocycles. The minimum atomic E-state index is 0.337. The van der Waals surface area contributed by atoms with E-state index in [1.54, 1.807) is 0 Å². The Morgan fingerprint density at radius 1 is 1.19 bits per heavy atom. The van der Waals surface area contributed by atoms with Crippen molar-refractivity contribution < 1.29 is 0 Å². The Morgan fingerprint density at radius 3 is 2.67 bits per heavy atom. The summed E-state index contributed by atoms with van der Waals surface area (Å²) in [5.41, 5.74) is 2.08. The van der Waals surface area contributed by atoms with E-state index in [1.165, 1.54) is 11.8 Å². The van der Waals surface area contributed by atoms with Gasteiger partial charge in [-0.05, 0) is 23.1 Å². The summed E-state index contributed by atoms with van der Waals surface area (Å²) in [5, 5.41) is 12.4. The first-order valence-corrected chi connectivity index (χ1v) is 7.94. The summed E-state index contributed by atoms with van der Waals surface area (Å²) in [5.74, 6) is 0. The summed E-state index contributed by atoms with van der Waals surface area (Å²) >= 11 is 6.69. The zero-order valence-electron chi connectivity index (χ0n) is 11.3. The van der Waals surface area contributed by atoms with Gasteiger partial charge in [0.1, 0.15) is 16.3 Å². The van der Waals surface area contributed by atoms with Crippen LogP contribution < -0.4 is 0 Å². The molecule has 5 heteroatoms. The number of nitrogens with one attached hydrogen (secondary N) is 1. The molecule has 0 aliphatic carbocycles. The standard InChI is InChI=1S/C16H11N3S2/c1-21-16-18-14(13(9-17)15(20)19-16)12-7-6-10-4-2-3-5-11(10)8-12/h2-8H,1H3,(H,18,19,20). The van der Waals surface area contributed by atoms with Crippen LogP contribution >= 0.6 is 24.0 Å². The number of aromatic nitrogens is 2. The first-order chi connectivity index (χ1) is 10.2. The van der Waals surface area contributed by atoms with Crippen LogP contribution in [0.5, 0.6) is 0 Å². The molecule has 0 bridgehead atoms. The van der Waals surface area contributed by atoms with Crippen LogP contribution in [0.2, 0.25) is 0 Å². The van der Waals surface area contributed by atoms with Crippen molar-refractivity contribution in [3.8, 4) is 17.3 Å². The second-order valence-corrected chi connectivity index (χ2v) is 5.66. The first kappa shape index (κ1) is 13.8. The Kier molecular flexibility index (Phi) is 3.74.